The van der Waals surface area contributed by atoms with Crippen LogP contribution in [0.4, 0.5) is 0 Å². The van der Waals surface area contributed by atoms with Crippen molar-refractivity contribution in [2.75, 3.05) is 19.7 Å². The zero-order chi connectivity index (χ0) is 16.8. The molecule has 1 unspecified atom stereocenters. The van der Waals surface area contributed by atoms with Gasteiger partial charge in [0.15, 0.2) is 0 Å². The Kier molecular flexibility index (Phi) is 5.65. The third kappa shape index (κ3) is 4.04. The lowest BCUT2D eigenvalue weighted by Gasteiger charge is -2.25. The van der Waals surface area contributed by atoms with Crippen LogP contribution in [0.1, 0.15) is 36.5 Å². The second-order valence-corrected chi connectivity index (χ2v) is 6.33. The number of ether oxygens (including phenoxy) is 1. The molecule has 2 aromatic carbocycles. The van der Waals surface area contributed by atoms with E-state index in [4.69, 9.17) is 4.74 Å². The van der Waals surface area contributed by atoms with Gasteiger partial charge >= 0.3 is 0 Å². The fourth-order valence-electron chi connectivity index (χ4n) is 3.20. The molecule has 1 atom stereocenters. The normalized spacial score (nSPS) is 17.0. The summed E-state index contributed by atoms with van der Waals surface area (Å²) in [6, 6.07) is 18.1. The van der Waals surface area contributed by atoms with E-state index >= 15 is 0 Å². The highest BCUT2D eigenvalue weighted by Crippen LogP contribution is 2.20. The maximum absolute atomic E-state index is 12.8. The van der Waals surface area contributed by atoms with E-state index in [0.29, 0.717) is 6.54 Å². The molecule has 0 aromatic heterocycles. The zero-order valence-electron chi connectivity index (χ0n) is 14.3. The van der Waals surface area contributed by atoms with Gasteiger partial charge in [-0.15, -0.1) is 0 Å². The fraction of sp³-hybridized carbons (Fsp3) is 0.381. The molecular formula is C21H25NO2. The van der Waals surface area contributed by atoms with Gasteiger partial charge in [0.1, 0.15) is 0 Å². The topological polar surface area (TPSA) is 29.5 Å². The zero-order valence-corrected chi connectivity index (χ0v) is 14.3. The molecular weight excluding hydrogens is 298 g/mol. The van der Waals surface area contributed by atoms with Gasteiger partial charge in [0, 0.05) is 25.3 Å². The number of benzene rings is 2. The molecule has 3 nitrogen and oxygen atoms in total. The number of hydrogen-bond acceptors (Lipinski definition) is 2. The van der Waals surface area contributed by atoms with Crippen LogP contribution < -0.4 is 0 Å². The number of hydrogen-bond donors (Lipinski definition) is 0. The van der Waals surface area contributed by atoms with Crippen LogP contribution in [0.5, 0.6) is 0 Å². The SMILES string of the molecule is CCCN(CC1CCCO1)C(=O)c1ccc(-c2ccccc2)cc1. The van der Waals surface area contributed by atoms with Gasteiger partial charge in [-0.3, -0.25) is 4.79 Å². The summed E-state index contributed by atoms with van der Waals surface area (Å²) in [4.78, 5) is 14.8. The molecule has 0 aliphatic carbocycles. The van der Waals surface area contributed by atoms with Crippen molar-refractivity contribution >= 4 is 5.91 Å². The maximum Gasteiger partial charge on any atom is 0.253 e. The van der Waals surface area contributed by atoms with E-state index in [2.05, 4.69) is 19.1 Å². The molecule has 0 radical (unpaired) electrons. The molecule has 24 heavy (non-hydrogen) atoms. The van der Waals surface area contributed by atoms with Crippen LogP contribution in [0.2, 0.25) is 0 Å². The van der Waals surface area contributed by atoms with Gasteiger partial charge in [-0.25, -0.2) is 0 Å². The van der Waals surface area contributed by atoms with E-state index in [0.717, 1.165) is 43.5 Å². The molecule has 1 amide bonds. The highest BCUT2D eigenvalue weighted by molar-refractivity contribution is 5.94. The predicted molar refractivity (Wildman–Crippen MR) is 97.0 cm³/mol. The van der Waals surface area contributed by atoms with Gasteiger partial charge < -0.3 is 9.64 Å². The number of amides is 1. The highest BCUT2D eigenvalue weighted by Gasteiger charge is 2.22. The lowest BCUT2D eigenvalue weighted by molar-refractivity contribution is 0.0526. The Morgan fingerprint density at radius 2 is 1.79 bits per heavy atom. The summed E-state index contributed by atoms with van der Waals surface area (Å²) in [7, 11) is 0. The summed E-state index contributed by atoms with van der Waals surface area (Å²) >= 11 is 0. The summed E-state index contributed by atoms with van der Waals surface area (Å²) < 4.78 is 5.70. The number of carbonyl (C=O) groups excluding carboxylic acids is 1. The molecule has 0 spiro atoms. The number of rotatable bonds is 6. The minimum Gasteiger partial charge on any atom is -0.376 e. The molecule has 1 saturated heterocycles. The fourth-order valence-corrected chi connectivity index (χ4v) is 3.20. The molecule has 1 heterocycles. The molecule has 3 heteroatoms. The van der Waals surface area contributed by atoms with Crippen LogP contribution in [-0.4, -0.2) is 36.6 Å². The predicted octanol–water partition coefficient (Wildman–Crippen LogP) is 4.38. The summed E-state index contributed by atoms with van der Waals surface area (Å²) in [5.74, 6) is 0.104. The number of carbonyl (C=O) groups is 1. The smallest absolute Gasteiger partial charge is 0.253 e. The third-order valence-corrected chi connectivity index (χ3v) is 4.47. The van der Waals surface area contributed by atoms with Crippen LogP contribution in [0.25, 0.3) is 11.1 Å². The van der Waals surface area contributed by atoms with Crippen molar-refractivity contribution in [2.45, 2.75) is 32.3 Å². The minimum atomic E-state index is 0.104. The second-order valence-electron chi connectivity index (χ2n) is 6.33. The van der Waals surface area contributed by atoms with E-state index in [-0.39, 0.29) is 12.0 Å². The Balaban J connectivity index is 1.72. The van der Waals surface area contributed by atoms with Crippen molar-refractivity contribution in [1.82, 2.24) is 4.90 Å². The standard InChI is InChI=1S/C21H25NO2/c1-2-14-22(16-20-9-6-15-24-20)21(23)19-12-10-18(11-13-19)17-7-4-3-5-8-17/h3-5,7-8,10-13,20H,2,6,9,14-16H2,1H3. The molecule has 126 valence electrons. The van der Waals surface area contributed by atoms with Crippen molar-refractivity contribution in [3.05, 3.63) is 60.2 Å². The average Bonchev–Trinajstić information content (AvgIpc) is 3.15. The second kappa shape index (κ2) is 8.11. The van der Waals surface area contributed by atoms with Gasteiger partial charge in [-0.05, 0) is 42.5 Å². The van der Waals surface area contributed by atoms with Crippen LogP contribution in [-0.2, 0) is 4.74 Å². The number of nitrogens with zero attached hydrogens (tertiary/aromatic N) is 1. The molecule has 0 bridgehead atoms. The van der Waals surface area contributed by atoms with Crippen LogP contribution in [0.3, 0.4) is 0 Å². The lowest BCUT2D eigenvalue weighted by Crippen LogP contribution is -2.37. The van der Waals surface area contributed by atoms with Crippen LogP contribution in [0, 0.1) is 0 Å². The van der Waals surface area contributed by atoms with Crippen molar-refractivity contribution in [2.24, 2.45) is 0 Å². The van der Waals surface area contributed by atoms with Gasteiger partial charge in [0.05, 0.1) is 6.10 Å². The first-order valence-corrected chi connectivity index (χ1v) is 8.84. The Labute approximate surface area is 144 Å². The van der Waals surface area contributed by atoms with E-state index < -0.39 is 0 Å². The van der Waals surface area contributed by atoms with E-state index in [1.165, 1.54) is 5.56 Å². The first-order valence-electron chi connectivity index (χ1n) is 8.84. The van der Waals surface area contributed by atoms with Gasteiger partial charge in [-0.2, -0.15) is 0 Å². The van der Waals surface area contributed by atoms with Crippen molar-refractivity contribution in [3.8, 4) is 11.1 Å². The van der Waals surface area contributed by atoms with E-state index in [9.17, 15) is 4.79 Å². The largest absolute Gasteiger partial charge is 0.376 e. The van der Waals surface area contributed by atoms with Gasteiger partial charge in [0.2, 0.25) is 0 Å². The summed E-state index contributed by atoms with van der Waals surface area (Å²) in [6.45, 7) is 4.41. The Morgan fingerprint density at radius 1 is 1.08 bits per heavy atom. The first kappa shape index (κ1) is 16.7. The minimum absolute atomic E-state index is 0.104. The molecule has 1 fully saturated rings. The molecule has 3 rings (SSSR count). The van der Waals surface area contributed by atoms with Crippen molar-refractivity contribution in [3.63, 3.8) is 0 Å². The Morgan fingerprint density at radius 3 is 2.42 bits per heavy atom. The summed E-state index contributed by atoms with van der Waals surface area (Å²) in [5.41, 5.74) is 3.05. The highest BCUT2D eigenvalue weighted by atomic mass is 16.5. The average molecular weight is 323 g/mol. The van der Waals surface area contributed by atoms with Crippen LogP contribution >= 0.6 is 0 Å². The monoisotopic (exact) mass is 323 g/mol. The quantitative estimate of drug-likeness (QED) is 0.789. The molecule has 0 saturated carbocycles. The molecule has 1 aliphatic rings. The van der Waals surface area contributed by atoms with Gasteiger partial charge in [-0.1, -0.05) is 49.4 Å². The lowest BCUT2D eigenvalue weighted by atomic mass is 10.0. The third-order valence-electron chi connectivity index (χ3n) is 4.47. The van der Waals surface area contributed by atoms with Crippen molar-refractivity contribution < 1.29 is 9.53 Å². The molecule has 2 aromatic rings. The van der Waals surface area contributed by atoms with E-state index in [1.807, 2.05) is 47.4 Å². The maximum atomic E-state index is 12.8. The Bertz CT molecular complexity index is 645. The molecule has 1 aliphatic heterocycles. The van der Waals surface area contributed by atoms with Crippen molar-refractivity contribution in [1.29, 1.82) is 0 Å². The van der Waals surface area contributed by atoms with E-state index in [1.54, 1.807) is 0 Å². The summed E-state index contributed by atoms with van der Waals surface area (Å²) in [5, 5.41) is 0. The Hall–Kier alpha value is -2.13. The van der Waals surface area contributed by atoms with Gasteiger partial charge in [0.25, 0.3) is 5.91 Å². The summed E-state index contributed by atoms with van der Waals surface area (Å²) in [6.07, 6.45) is 3.31. The molecule has 0 N–H and O–H groups in total. The first-order chi connectivity index (χ1) is 11.8. The van der Waals surface area contributed by atoms with Crippen LogP contribution in [0.15, 0.2) is 54.6 Å².